The highest BCUT2D eigenvalue weighted by molar-refractivity contribution is 14.0. The number of hydrogen-bond donors (Lipinski definition) is 1. The molecule has 3 heterocycles. The quantitative estimate of drug-likeness (QED) is 0.376. The van der Waals surface area contributed by atoms with E-state index in [1.54, 1.807) is 7.05 Å². The highest BCUT2D eigenvalue weighted by Crippen LogP contribution is 2.30. The molecule has 2 aliphatic rings. The van der Waals surface area contributed by atoms with E-state index in [0.717, 1.165) is 52.4 Å². The zero-order chi connectivity index (χ0) is 19.4. The van der Waals surface area contributed by atoms with Gasteiger partial charge < -0.3 is 15.0 Å². The average molecular weight is 516 g/mol. The number of nitrogens with zero attached hydrogens (tertiary/aromatic N) is 5. The molecule has 2 aliphatic heterocycles. The second-order valence-corrected chi connectivity index (χ2v) is 7.09. The van der Waals surface area contributed by atoms with Crippen molar-refractivity contribution in [3.63, 3.8) is 0 Å². The van der Waals surface area contributed by atoms with Gasteiger partial charge in [0.2, 0.25) is 0 Å². The number of rotatable bonds is 4. The van der Waals surface area contributed by atoms with Gasteiger partial charge >= 0.3 is 6.18 Å². The lowest BCUT2D eigenvalue weighted by atomic mass is 10.1. The molecule has 0 amide bonds. The van der Waals surface area contributed by atoms with E-state index in [1.807, 2.05) is 0 Å². The number of ether oxygens (including phenoxy) is 1. The molecule has 1 aromatic rings. The Morgan fingerprint density at radius 1 is 1.32 bits per heavy atom. The monoisotopic (exact) mass is 516 g/mol. The number of halogens is 4. The Morgan fingerprint density at radius 2 is 2.04 bits per heavy atom. The second kappa shape index (κ2) is 10.1. The van der Waals surface area contributed by atoms with Gasteiger partial charge in [0, 0.05) is 71.7 Å². The van der Waals surface area contributed by atoms with Crippen LogP contribution in [0.2, 0.25) is 0 Å². The zero-order valence-electron chi connectivity index (χ0n) is 16.2. The van der Waals surface area contributed by atoms with Crippen LogP contribution in [0.4, 0.5) is 13.2 Å². The highest BCUT2D eigenvalue weighted by Gasteiger charge is 2.37. The summed E-state index contributed by atoms with van der Waals surface area (Å²) < 4.78 is 45.8. The van der Waals surface area contributed by atoms with Gasteiger partial charge in [-0.15, -0.1) is 24.0 Å². The van der Waals surface area contributed by atoms with Crippen LogP contribution < -0.4 is 5.32 Å². The van der Waals surface area contributed by atoms with Gasteiger partial charge in [0.05, 0.1) is 6.61 Å². The molecule has 11 heteroatoms. The number of aromatic nitrogens is 2. The van der Waals surface area contributed by atoms with Crippen LogP contribution in [-0.4, -0.2) is 78.5 Å². The van der Waals surface area contributed by atoms with Crippen LogP contribution in [0.1, 0.15) is 17.7 Å². The normalized spacial score (nSPS) is 21.7. The Kier molecular flexibility index (Phi) is 8.37. The van der Waals surface area contributed by atoms with Crippen molar-refractivity contribution in [2.75, 3.05) is 53.0 Å². The van der Waals surface area contributed by atoms with Gasteiger partial charge in [-0.05, 0) is 12.3 Å². The summed E-state index contributed by atoms with van der Waals surface area (Å²) in [5, 5.41) is 6.59. The molecule has 0 bridgehead atoms. The van der Waals surface area contributed by atoms with Crippen molar-refractivity contribution < 1.29 is 17.9 Å². The number of guanidine groups is 1. The summed E-state index contributed by atoms with van der Waals surface area (Å²) in [5.74, 6) is 1.23. The van der Waals surface area contributed by atoms with E-state index in [9.17, 15) is 13.2 Å². The number of hydrogen-bond acceptors (Lipinski definition) is 4. The largest absolute Gasteiger partial charge is 0.435 e. The van der Waals surface area contributed by atoms with Crippen LogP contribution in [-0.2, 0) is 24.5 Å². The first-order chi connectivity index (χ1) is 12.9. The van der Waals surface area contributed by atoms with Crippen molar-refractivity contribution in [1.29, 1.82) is 0 Å². The third-order valence-electron chi connectivity index (χ3n) is 5.03. The van der Waals surface area contributed by atoms with Crippen molar-refractivity contribution in [1.82, 2.24) is 24.9 Å². The van der Waals surface area contributed by atoms with Crippen LogP contribution in [0.15, 0.2) is 11.2 Å². The van der Waals surface area contributed by atoms with E-state index < -0.39 is 11.9 Å². The Bertz CT molecular complexity index is 652. The van der Waals surface area contributed by atoms with Crippen LogP contribution in [0.5, 0.6) is 0 Å². The predicted octanol–water partition coefficient (Wildman–Crippen LogP) is 1.79. The minimum atomic E-state index is -4.46. The molecular weight excluding hydrogens is 488 g/mol. The molecule has 1 aromatic heterocycles. The maximum Gasteiger partial charge on any atom is 0.435 e. The van der Waals surface area contributed by atoms with Crippen LogP contribution in [0, 0.1) is 5.92 Å². The molecule has 7 nitrogen and oxygen atoms in total. The number of piperazine rings is 1. The molecule has 1 unspecified atom stereocenters. The molecule has 2 fully saturated rings. The third-order valence-corrected chi connectivity index (χ3v) is 5.03. The van der Waals surface area contributed by atoms with Gasteiger partial charge in [-0.1, -0.05) is 0 Å². The Balaban J connectivity index is 0.00000280. The highest BCUT2D eigenvalue weighted by atomic mass is 127. The third kappa shape index (κ3) is 5.96. The fourth-order valence-electron chi connectivity index (χ4n) is 3.65. The van der Waals surface area contributed by atoms with Crippen molar-refractivity contribution in [2.45, 2.75) is 19.1 Å². The molecule has 2 saturated heterocycles. The summed E-state index contributed by atoms with van der Waals surface area (Å²) in [4.78, 5) is 8.75. The molecule has 0 aromatic carbocycles. The second-order valence-electron chi connectivity index (χ2n) is 7.09. The maximum atomic E-state index is 13.1. The van der Waals surface area contributed by atoms with Gasteiger partial charge in [-0.2, -0.15) is 18.3 Å². The number of alkyl halides is 3. The first kappa shape index (κ1) is 23.2. The molecule has 1 N–H and O–H groups in total. The zero-order valence-corrected chi connectivity index (χ0v) is 18.5. The first-order valence-electron chi connectivity index (χ1n) is 9.22. The van der Waals surface area contributed by atoms with Gasteiger partial charge in [0.1, 0.15) is 0 Å². The lowest BCUT2D eigenvalue weighted by molar-refractivity contribution is -0.142. The number of aryl methyl sites for hydroxylation is 1. The van der Waals surface area contributed by atoms with Crippen molar-refractivity contribution in [3.8, 4) is 0 Å². The predicted molar refractivity (Wildman–Crippen MR) is 111 cm³/mol. The maximum absolute atomic E-state index is 13.1. The molecular formula is C17H28F3IN6O. The van der Waals surface area contributed by atoms with Crippen molar-refractivity contribution >= 4 is 29.9 Å². The van der Waals surface area contributed by atoms with E-state index in [4.69, 9.17) is 4.74 Å². The van der Waals surface area contributed by atoms with Gasteiger partial charge in [0.25, 0.3) is 0 Å². The molecule has 0 radical (unpaired) electrons. The summed E-state index contributed by atoms with van der Waals surface area (Å²) in [5.41, 5.74) is -0.734. The fraction of sp³-hybridized carbons (Fsp3) is 0.765. The van der Waals surface area contributed by atoms with Crippen LogP contribution in [0.3, 0.4) is 0 Å². The smallest absolute Gasteiger partial charge is 0.381 e. The Morgan fingerprint density at radius 3 is 2.61 bits per heavy atom. The minimum Gasteiger partial charge on any atom is -0.381 e. The summed E-state index contributed by atoms with van der Waals surface area (Å²) in [6.45, 7) is 6.21. The van der Waals surface area contributed by atoms with Gasteiger partial charge in [0.15, 0.2) is 11.7 Å². The fourth-order valence-corrected chi connectivity index (χ4v) is 3.65. The standard InChI is InChI=1S/C17H27F3N6O.HI/c1-21-16(22-9-14-11-24(2)23-15(14)17(18,19)20)26-6-4-25(5-7-26)10-13-3-8-27-12-13;/h11,13H,3-10,12H2,1-2H3,(H,21,22);1H. The molecule has 0 aliphatic carbocycles. The molecule has 0 spiro atoms. The van der Waals surface area contributed by atoms with Crippen molar-refractivity contribution in [2.24, 2.45) is 18.0 Å². The Labute approximate surface area is 180 Å². The molecule has 0 saturated carbocycles. The summed E-state index contributed by atoms with van der Waals surface area (Å²) >= 11 is 0. The van der Waals surface area contributed by atoms with Crippen LogP contribution >= 0.6 is 24.0 Å². The topological polar surface area (TPSA) is 57.9 Å². The lowest BCUT2D eigenvalue weighted by Gasteiger charge is -2.37. The van der Waals surface area contributed by atoms with Gasteiger partial charge in [-0.3, -0.25) is 14.6 Å². The minimum absolute atomic E-state index is 0. The number of nitrogens with one attached hydrogen (secondary N) is 1. The summed E-state index contributed by atoms with van der Waals surface area (Å²) in [6.07, 6.45) is -1.95. The van der Waals surface area contributed by atoms with E-state index in [0.29, 0.717) is 11.9 Å². The summed E-state index contributed by atoms with van der Waals surface area (Å²) in [7, 11) is 3.14. The SMILES string of the molecule is CN=C(NCc1cn(C)nc1C(F)(F)F)N1CCN(CC2CCOC2)CC1.I. The lowest BCUT2D eigenvalue weighted by Crippen LogP contribution is -2.53. The molecule has 3 rings (SSSR count). The van der Waals surface area contributed by atoms with E-state index in [1.165, 1.54) is 17.9 Å². The Hall–Kier alpha value is -1.08. The number of aliphatic imine (C=N–C) groups is 1. The van der Waals surface area contributed by atoms with Crippen molar-refractivity contribution in [3.05, 3.63) is 17.5 Å². The van der Waals surface area contributed by atoms with Crippen LogP contribution in [0.25, 0.3) is 0 Å². The molecule has 1 atom stereocenters. The molecule has 160 valence electrons. The van der Waals surface area contributed by atoms with E-state index >= 15 is 0 Å². The van der Waals surface area contributed by atoms with E-state index in [2.05, 4.69) is 25.2 Å². The average Bonchev–Trinajstić information content (AvgIpc) is 3.26. The van der Waals surface area contributed by atoms with E-state index in [-0.39, 0.29) is 36.1 Å². The summed E-state index contributed by atoms with van der Waals surface area (Å²) in [6, 6.07) is 0. The molecule has 28 heavy (non-hydrogen) atoms. The van der Waals surface area contributed by atoms with Gasteiger partial charge in [-0.25, -0.2) is 0 Å². The first-order valence-corrected chi connectivity index (χ1v) is 9.22.